The average molecular weight is 280 g/mol. The third-order valence-electron chi connectivity index (χ3n) is 2.97. The molecule has 2 radical (unpaired) electrons. The van der Waals surface area contributed by atoms with Gasteiger partial charge < -0.3 is 15.3 Å². The van der Waals surface area contributed by atoms with Crippen LogP contribution in [0.3, 0.4) is 0 Å². The highest BCUT2D eigenvalue weighted by Gasteiger charge is 2.23. The third kappa shape index (κ3) is 1.95. The van der Waals surface area contributed by atoms with Crippen LogP contribution in [0, 0.1) is 24.4 Å². The Morgan fingerprint density at radius 3 is 1.90 bits per heavy atom. The monoisotopic (exact) mass is 280 g/mol. The molecular formula is C13H8BF3O3. The Labute approximate surface area is 113 Å². The summed E-state index contributed by atoms with van der Waals surface area (Å²) < 4.78 is 40.6. The highest BCUT2D eigenvalue weighted by atomic mass is 19.1. The van der Waals surface area contributed by atoms with E-state index in [9.17, 15) is 28.5 Å². The fourth-order valence-corrected chi connectivity index (χ4v) is 1.78. The first-order chi connectivity index (χ1) is 9.25. The topological polar surface area (TPSA) is 60.7 Å². The predicted octanol–water partition coefficient (Wildman–Crippen LogP) is 1.99. The first kappa shape index (κ1) is 14.1. The van der Waals surface area contributed by atoms with Crippen LogP contribution in [0.2, 0.25) is 0 Å². The summed E-state index contributed by atoms with van der Waals surface area (Å²) in [5.41, 5.74) is -1.76. The van der Waals surface area contributed by atoms with E-state index in [0.717, 1.165) is 12.1 Å². The van der Waals surface area contributed by atoms with Crippen molar-refractivity contribution in [3.8, 4) is 28.4 Å². The fourth-order valence-electron chi connectivity index (χ4n) is 1.78. The third-order valence-corrected chi connectivity index (χ3v) is 2.97. The maximum Gasteiger partial charge on any atom is 0.204 e. The van der Waals surface area contributed by atoms with Gasteiger partial charge in [0.15, 0.2) is 17.3 Å². The van der Waals surface area contributed by atoms with Crippen LogP contribution >= 0.6 is 0 Å². The first-order valence-electron chi connectivity index (χ1n) is 5.43. The number of hydrogen-bond donors (Lipinski definition) is 3. The maximum atomic E-state index is 13.6. The van der Waals surface area contributed by atoms with E-state index >= 15 is 0 Å². The van der Waals surface area contributed by atoms with Gasteiger partial charge in [-0.1, -0.05) is 0 Å². The second-order valence-corrected chi connectivity index (χ2v) is 4.21. The lowest BCUT2D eigenvalue weighted by molar-refractivity contribution is 0.354. The van der Waals surface area contributed by atoms with Crippen molar-refractivity contribution in [3.05, 3.63) is 35.1 Å². The van der Waals surface area contributed by atoms with E-state index in [1.54, 1.807) is 0 Å². The van der Waals surface area contributed by atoms with E-state index in [0.29, 0.717) is 0 Å². The van der Waals surface area contributed by atoms with Crippen LogP contribution in [0.5, 0.6) is 17.2 Å². The van der Waals surface area contributed by atoms with Crippen LogP contribution in [-0.4, -0.2) is 23.2 Å². The highest BCUT2D eigenvalue weighted by Crippen LogP contribution is 2.42. The van der Waals surface area contributed by atoms with Gasteiger partial charge in [0.1, 0.15) is 19.5 Å². The Balaban J connectivity index is 2.83. The SMILES string of the molecule is [B]c1c(F)c(O)c(O)c(O)c1-c1cc(F)c(C)c(F)c1. The normalized spacial score (nSPS) is 10.8. The summed E-state index contributed by atoms with van der Waals surface area (Å²) in [4.78, 5) is 0. The molecule has 0 fully saturated rings. The molecule has 0 bridgehead atoms. The molecule has 20 heavy (non-hydrogen) atoms. The number of benzene rings is 2. The van der Waals surface area contributed by atoms with Crippen molar-refractivity contribution >= 4 is 13.3 Å². The summed E-state index contributed by atoms with van der Waals surface area (Å²) in [5.74, 6) is -6.61. The fraction of sp³-hybridized carbons (Fsp3) is 0.0769. The molecule has 0 aromatic heterocycles. The summed E-state index contributed by atoms with van der Waals surface area (Å²) >= 11 is 0. The van der Waals surface area contributed by atoms with Gasteiger partial charge in [0, 0.05) is 11.1 Å². The molecule has 3 N–H and O–H groups in total. The molecule has 0 aliphatic carbocycles. The van der Waals surface area contributed by atoms with Gasteiger partial charge in [-0.3, -0.25) is 0 Å². The zero-order chi connectivity index (χ0) is 15.2. The van der Waals surface area contributed by atoms with E-state index in [2.05, 4.69) is 0 Å². The molecule has 102 valence electrons. The predicted molar refractivity (Wildman–Crippen MR) is 66.9 cm³/mol. The van der Waals surface area contributed by atoms with Gasteiger partial charge in [-0.2, -0.15) is 0 Å². The summed E-state index contributed by atoms with van der Waals surface area (Å²) in [6.45, 7) is 1.20. The Morgan fingerprint density at radius 1 is 0.900 bits per heavy atom. The number of phenolic OH excluding ortho intramolecular Hbond substituents is 3. The van der Waals surface area contributed by atoms with Crippen molar-refractivity contribution in [1.82, 2.24) is 0 Å². The standard InChI is InChI=1S/C13H8BF3O3/c1-4-6(15)2-5(3-7(4)16)8-9(14)10(17)12(19)13(20)11(8)18/h2-3,18-20H,1H3. The molecule has 0 aliphatic heterocycles. The molecule has 0 amide bonds. The van der Waals surface area contributed by atoms with E-state index < -0.39 is 45.7 Å². The molecule has 0 atom stereocenters. The van der Waals surface area contributed by atoms with Gasteiger partial charge in [0.25, 0.3) is 0 Å². The molecule has 0 saturated carbocycles. The molecule has 7 heteroatoms. The first-order valence-corrected chi connectivity index (χ1v) is 5.43. The Bertz CT molecular complexity index is 664. The number of rotatable bonds is 1. The lowest BCUT2D eigenvalue weighted by atomic mass is 9.85. The van der Waals surface area contributed by atoms with E-state index in [4.69, 9.17) is 7.85 Å². The molecule has 3 nitrogen and oxygen atoms in total. The maximum absolute atomic E-state index is 13.6. The van der Waals surface area contributed by atoms with E-state index in [-0.39, 0.29) is 11.1 Å². The van der Waals surface area contributed by atoms with Crippen molar-refractivity contribution in [2.75, 3.05) is 0 Å². The van der Waals surface area contributed by atoms with Gasteiger partial charge in [0.05, 0.1) is 0 Å². The van der Waals surface area contributed by atoms with Crippen LogP contribution in [-0.2, 0) is 0 Å². The van der Waals surface area contributed by atoms with E-state index in [1.807, 2.05) is 0 Å². The van der Waals surface area contributed by atoms with Gasteiger partial charge >= 0.3 is 0 Å². The van der Waals surface area contributed by atoms with E-state index in [1.165, 1.54) is 6.92 Å². The lowest BCUT2D eigenvalue weighted by Crippen LogP contribution is -2.13. The minimum absolute atomic E-state index is 0.254. The lowest BCUT2D eigenvalue weighted by Gasteiger charge is -2.14. The van der Waals surface area contributed by atoms with Crippen molar-refractivity contribution in [3.63, 3.8) is 0 Å². The van der Waals surface area contributed by atoms with Crippen LogP contribution < -0.4 is 5.46 Å². The van der Waals surface area contributed by atoms with Gasteiger partial charge in [-0.25, -0.2) is 13.2 Å². The van der Waals surface area contributed by atoms with Crippen LogP contribution in [0.1, 0.15) is 5.56 Å². The average Bonchev–Trinajstić information content (AvgIpc) is 2.40. The van der Waals surface area contributed by atoms with Crippen molar-refractivity contribution in [2.24, 2.45) is 0 Å². The number of hydrogen-bond acceptors (Lipinski definition) is 3. The molecular weight excluding hydrogens is 272 g/mol. The largest absolute Gasteiger partial charge is 0.504 e. The Kier molecular flexibility index (Phi) is 3.29. The van der Waals surface area contributed by atoms with Crippen LogP contribution in [0.15, 0.2) is 12.1 Å². The molecule has 2 aromatic rings. The number of phenols is 3. The minimum Gasteiger partial charge on any atom is -0.504 e. The van der Waals surface area contributed by atoms with Gasteiger partial charge in [-0.05, 0) is 30.1 Å². The molecule has 2 aromatic carbocycles. The molecule has 0 unspecified atom stereocenters. The van der Waals surface area contributed by atoms with Gasteiger partial charge in [-0.15, -0.1) is 0 Å². The minimum atomic E-state index is -1.39. The summed E-state index contributed by atoms with van der Waals surface area (Å²) in [5, 5.41) is 28.2. The number of halogens is 3. The Hall–Kier alpha value is -2.31. The molecule has 0 heterocycles. The molecule has 2 rings (SSSR count). The summed E-state index contributed by atoms with van der Waals surface area (Å²) in [6.07, 6.45) is 0. The van der Waals surface area contributed by atoms with Crippen molar-refractivity contribution in [2.45, 2.75) is 6.92 Å². The smallest absolute Gasteiger partial charge is 0.204 e. The zero-order valence-corrected chi connectivity index (χ0v) is 10.2. The van der Waals surface area contributed by atoms with Crippen LogP contribution in [0.4, 0.5) is 13.2 Å². The van der Waals surface area contributed by atoms with Crippen molar-refractivity contribution in [1.29, 1.82) is 0 Å². The highest BCUT2D eigenvalue weighted by molar-refractivity contribution is 6.37. The van der Waals surface area contributed by atoms with Crippen molar-refractivity contribution < 1.29 is 28.5 Å². The zero-order valence-electron chi connectivity index (χ0n) is 10.2. The van der Waals surface area contributed by atoms with Crippen LogP contribution in [0.25, 0.3) is 11.1 Å². The summed E-state index contributed by atoms with van der Waals surface area (Å²) in [6, 6.07) is 1.67. The molecule has 0 spiro atoms. The second kappa shape index (κ2) is 4.66. The summed E-state index contributed by atoms with van der Waals surface area (Å²) in [7, 11) is 5.37. The molecule has 0 aliphatic rings. The number of aromatic hydroxyl groups is 3. The molecule has 0 saturated heterocycles. The second-order valence-electron chi connectivity index (χ2n) is 4.21. The Morgan fingerprint density at radius 2 is 1.40 bits per heavy atom. The quantitative estimate of drug-likeness (QED) is 0.553. The van der Waals surface area contributed by atoms with Gasteiger partial charge in [0.2, 0.25) is 5.75 Å².